The lowest BCUT2D eigenvalue weighted by atomic mass is 10.1. The van der Waals surface area contributed by atoms with Crippen molar-refractivity contribution < 1.29 is 18.3 Å². The number of nitrogens with one attached hydrogen (secondary N) is 1. The first-order valence-electron chi connectivity index (χ1n) is 6.77. The van der Waals surface area contributed by atoms with Crippen molar-refractivity contribution >= 4 is 21.4 Å². The largest absolute Gasteiger partial charge is 0.289 e. The molecule has 0 aliphatic rings. The number of nitrogens with zero attached hydrogens (tertiary/aromatic N) is 2. The minimum absolute atomic E-state index is 0.00614. The molecule has 0 saturated heterocycles. The van der Waals surface area contributed by atoms with Crippen LogP contribution in [0.2, 0.25) is 0 Å². The van der Waals surface area contributed by atoms with Gasteiger partial charge in [-0.05, 0) is 18.1 Å². The summed E-state index contributed by atoms with van der Waals surface area (Å²) in [5.74, 6) is 0. The van der Waals surface area contributed by atoms with Gasteiger partial charge in [-0.15, -0.1) is 0 Å². The van der Waals surface area contributed by atoms with Crippen molar-refractivity contribution in [3.8, 4) is 0 Å². The number of para-hydroxylation sites is 1. The summed E-state index contributed by atoms with van der Waals surface area (Å²) in [6.07, 6.45) is 0.290. The van der Waals surface area contributed by atoms with Crippen LogP contribution in [-0.4, -0.2) is 24.8 Å². The Morgan fingerprint density at radius 2 is 1.54 bits per heavy atom. The van der Waals surface area contributed by atoms with Gasteiger partial charge in [-0.25, -0.2) is 13.1 Å². The quantitative estimate of drug-likeness (QED) is 0.599. The summed E-state index contributed by atoms with van der Waals surface area (Å²) in [5.41, 5.74) is 0.144. The number of hydrogen-bond acceptors (Lipinski definition) is 6. The Morgan fingerprint density at radius 1 is 0.917 bits per heavy atom. The first-order chi connectivity index (χ1) is 11.3. The summed E-state index contributed by atoms with van der Waals surface area (Å²) in [7, 11) is -4.03. The van der Waals surface area contributed by atoms with Gasteiger partial charge in [0.15, 0.2) is 4.90 Å². The van der Waals surface area contributed by atoms with Crippen molar-refractivity contribution in [3.05, 3.63) is 74.3 Å². The number of non-ortho nitro benzene ring substituents is 1. The molecule has 10 heteroatoms. The number of nitro benzene ring substituents is 2. The molecule has 2 aromatic carbocycles. The van der Waals surface area contributed by atoms with Crippen molar-refractivity contribution in [1.82, 2.24) is 4.72 Å². The molecule has 0 heterocycles. The second-order valence-electron chi connectivity index (χ2n) is 4.80. The maximum atomic E-state index is 12.2. The highest BCUT2D eigenvalue weighted by molar-refractivity contribution is 7.89. The van der Waals surface area contributed by atoms with Gasteiger partial charge in [0.25, 0.3) is 11.4 Å². The van der Waals surface area contributed by atoms with Crippen LogP contribution in [0.4, 0.5) is 11.4 Å². The molecular weight excluding hydrogens is 338 g/mol. The van der Waals surface area contributed by atoms with Gasteiger partial charge >= 0.3 is 0 Å². The topological polar surface area (TPSA) is 132 Å². The third-order valence-corrected chi connectivity index (χ3v) is 4.71. The molecule has 0 saturated carbocycles. The van der Waals surface area contributed by atoms with Gasteiger partial charge in [0.05, 0.1) is 9.85 Å². The molecule has 0 atom stereocenters. The van der Waals surface area contributed by atoms with E-state index in [4.69, 9.17) is 0 Å². The SMILES string of the molecule is O=[N+]([O-])c1ccc(CCNS(=O)(=O)c2ccccc2[N+](=O)[O-])cc1. The Morgan fingerprint density at radius 3 is 2.12 bits per heavy atom. The Balaban J connectivity index is 2.06. The van der Waals surface area contributed by atoms with E-state index in [1.807, 2.05) is 0 Å². The summed E-state index contributed by atoms with van der Waals surface area (Å²) in [6, 6.07) is 10.8. The van der Waals surface area contributed by atoms with Crippen molar-refractivity contribution in [2.75, 3.05) is 6.54 Å². The van der Waals surface area contributed by atoms with E-state index in [0.29, 0.717) is 5.56 Å². The Kier molecular flexibility index (Phi) is 5.21. The zero-order valence-corrected chi connectivity index (χ0v) is 13.1. The monoisotopic (exact) mass is 351 g/mol. The minimum Gasteiger partial charge on any atom is -0.258 e. The van der Waals surface area contributed by atoms with E-state index in [9.17, 15) is 28.6 Å². The van der Waals surface area contributed by atoms with Crippen LogP contribution >= 0.6 is 0 Å². The van der Waals surface area contributed by atoms with Crippen LogP contribution in [-0.2, 0) is 16.4 Å². The summed E-state index contributed by atoms with van der Waals surface area (Å²) >= 11 is 0. The molecular formula is C14H13N3O6S. The average Bonchev–Trinajstić information content (AvgIpc) is 2.55. The zero-order valence-electron chi connectivity index (χ0n) is 12.3. The smallest absolute Gasteiger partial charge is 0.258 e. The Hall–Kier alpha value is -2.85. The van der Waals surface area contributed by atoms with Crippen LogP contribution in [0.25, 0.3) is 0 Å². The highest BCUT2D eigenvalue weighted by Crippen LogP contribution is 2.22. The minimum atomic E-state index is -4.03. The number of hydrogen-bond donors (Lipinski definition) is 1. The fourth-order valence-corrected chi connectivity index (χ4v) is 3.23. The zero-order chi connectivity index (χ0) is 17.7. The molecule has 0 aliphatic carbocycles. The van der Waals surface area contributed by atoms with Gasteiger partial charge in [0.1, 0.15) is 0 Å². The van der Waals surface area contributed by atoms with E-state index < -0.39 is 30.5 Å². The lowest BCUT2D eigenvalue weighted by Gasteiger charge is -2.07. The van der Waals surface area contributed by atoms with Crippen molar-refractivity contribution in [2.45, 2.75) is 11.3 Å². The van der Waals surface area contributed by atoms with Crippen molar-refractivity contribution in [1.29, 1.82) is 0 Å². The average molecular weight is 351 g/mol. The van der Waals surface area contributed by atoms with E-state index in [1.165, 1.54) is 36.4 Å². The second kappa shape index (κ2) is 7.15. The van der Waals surface area contributed by atoms with Gasteiger partial charge in [-0.2, -0.15) is 0 Å². The summed E-state index contributed by atoms with van der Waals surface area (Å²) in [6.45, 7) is 0.00614. The third kappa shape index (κ3) is 4.12. The van der Waals surface area contributed by atoms with Crippen LogP contribution in [0.5, 0.6) is 0 Å². The van der Waals surface area contributed by atoms with E-state index in [1.54, 1.807) is 0 Å². The summed E-state index contributed by atoms with van der Waals surface area (Å²) < 4.78 is 26.7. The maximum absolute atomic E-state index is 12.2. The molecule has 24 heavy (non-hydrogen) atoms. The molecule has 2 aromatic rings. The molecule has 126 valence electrons. The Bertz CT molecular complexity index is 864. The molecule has 0 bridgehead atoms. The maximum Gasteiger partial charge on any atom is 0.289 e. The number of rotatable bonds is 7. The van der Waals surface area contributed by atoms with Crippen LogP contribution in [0, 0.1) is 20.2 Å². The van der Waals surface area contributed by atoms with Crippen molar-refractivity contribution in [3.63, 3.8) is 0 Å². The fourth-order valence-electron chi connectivity index (χ4n) is 2.03. The van der Waals surface area contributed by atoms with Crippen LogP contribution in [0.15, 0.2) is 53.4 Å². The standard InChI is InChI=1S/C14H13N3O6S/c18-16(19)12-7-5-11(6-8-12)9-10-15-24(22,23)14-4-2-1-3-13(14)17(20)21/h1-8,15H,9-10H2. The van der Waals surface area contributed by atoms with E-state index >= 15 is 0 Å². The number of sulfonamides is 1. The third-order valence-electron chi connectivity index (χ3n) is 3.20. The molecule has 1 N–H and O–H groups in total. The molecule has 2 rings (SSSR count). The first kappa shape index (κ1) is 17.5. The number of nitro groups is 2. The molecule has 0 radical (unpaired) electrons. The highest BCUT2D eigenvalue weighted by Gasteiger charge is 2.24. The van der Waals surface area contributed by atoms with Gasteiger partial charge < -0.3 is 0 Å². The fraction of sp³-hybridized carbons (Fsp3) is 0.143. The second-order valence-corrected chi connectivity index (χ2v) is 6.53. The van der Waals surface area contributed by atoms with Crippen LogP contribution in [0.3, 0.4) is 0 Å². The van der Waals surface area contributed by atoms with Gasteiger partial charge in [0.2, 0.25) is 10.0 Å². The van der Waals surface area contributed by atoms with Gasteiger partial charge in [-0.1, -0.05) is 24.3 Å². The van der Waals surface area contributed by atoms with Gasteiger partial charge in [0, 0.05) is 24.7 Å². The molecule has 0 aromatic heterocycles. The van der Waals surface area contributed by atoms with Crippen molar-refractivity contribution in [2.24, 2.45) is 0 Å². The lowest BCUT2D eigenvalue weighted by Crippen LogP contribution is -2.26. The summed E-state index contributed by atoms with van der Waals surface area (Å²) in [4.78, 5) is 19.8. The molecule has 0 amide bonds. The van der Waals surface area contributed by atoms with E-state index in [2.05, 4.69) is 4.72 Å². The number of benzene rings is 2. The molecule has 0 fully saturated rings. The first-order valence-corrected chi connectivity index (χ1v) is 8.26. The van der Waals surface area contributed by atoms with E-state index in [-0.39, 0.29) is 18.7 Å². The normalized spacial score (nSPS) is 11.2. The highest BCUT2D eigenvalue weighted by atomic mass is 32.2. The molecule has 0 aliphatic heterocycles. The molecule has 0 spiro atoms. The molecule has 9 nitrogen and oxygen atoms in total. The predicted octanol–water partition coefficient (Wildman–Crippen LogP) is 2.02. The summed E-state index contributed by atoms with van der Waals surface area (Å²) in [5, 5.41) is 21.5. The lowest BCUT2D eigenvalue weighted by molar-refractivity contribution is -0.387. The van der Waals surface area contributed by atoms with Crippen LogP contribution < -0.4 is 4.72 Å². The van der Waals surface area contributed by atoms with E-state index in [0.717, 1.165) is 12.1 Å². The predicted molar refractivity (Wildman–Crippen MR) is 85.1 cm³/mol. The van der Waals surface area contributed by atoms with Gasteiger partial charge in [-0.3, -0.25) is 20.2 Å². The molecule has 0 unspecified atom stereocenters. The Labute approximate surface area is 137 Å². The van der Waals surface area contributed by atoms with Crippen LogP contribution in [0.1, 0.15) is 5.56 Å².